The van der Waals surface area contributed by atoms with Gasteiger partial charge < -0.3 is 9.15 Å². The fourth-order valence-corrected chi connectivity index (χ4v) is 2.37. The van der Waals surface area contributed by atoms with E-state index >= 15 is 0 Å². The summed E-state index contributed by atoms with van der Waals surface area (Å²) in [7, 11) is 0. The van der Waals surface area contributed by atoms with E-state index in [1.54, 1.807) is 6.26 Å². The number of furan rings is 1. The van der Waals surface area contributed by atoms with Crippen LogP contribution in [-0.2, 0) is 4.79 Å². The topological polar surface area (TPSA) is 39.4 Å². The van der Waals surface area contributed by atoms with Gasteiger partial charge in [0, 0.05) is 5.92 Å². The van der Waals surface area contributed by atoms with E-state index in [9.17, 15) is 4.79 Å². The average Bonchev–Trinajstić information content (AvgIpc) is 2.99. The first kappa shape index (κ1) is 12.0. The van der Waals surface area contributed by atoms with Gasteiger partial charge in [-0.05, 0) is 44.0 Å². The Morgan fingerprint density at radius 2 is 2.16 bits per heavy atom. The van der Waals surface area contributed by atoms with Crippen LogP contribution in [0.4, 0.5) is 0 Å². The van der Waals surface area contributed by atoms with Crippen molar-refractivity contribution in [3.63, 3.8) is 0 Å². The summed E-state index contributed by atoms with van der Waals surface area (Å²) in [5, 5.41) is 0. The molecule has 3 nitrogen and oxygen atoms in total. The lowest BCUT2D eigenvalue weighted by Gasteiger charge is -2.07. The summed E-state index contributed by atoms with van der Waals surface area (Å²) in [6.45, 7) is 3.97. The van der Waals surface area contributed by atoms with Crippen molar-refractivity contribution < 1.29 is 13.9 Å². The van der Waals surface area contributed by atoms with Gasteiger partial charge in [-0.15, -0.1) is 0 Å². The first-order valence-corrected chi connectivity index (χ1v) is 6.47. The smallest absolute Gasteiger partial charge is 0.315 e. The van der Waals surface area contributed by atoms with Gasteiger partial charge in [0.25, 0.3) is 0 Å². The van der Waals surface area contributed by atoms with Crippen LogP contribution >= 0.6 is 0 Å². The lowest BCUT2D eigenvalue weighted by Crippen LogP contribution is -2.12. The molecular formula is C16H16O3. The molecule has 2 atom stereocenters. The van der Waals surface area contributed by atoms with Crippen LogP contribution in [-0.4, -0.2) is 5.97 Å². The van der Waals surface area contributed by atoms with Gasteiger partial charge in [0.15, 0.2) is 0 Å². The van der Waals surface area contributed by atoms with Gasteiger partial charge in [-0.25, -0.2) is 0 Å². The third kappa shape index (κ3) is 2.41. The van der Waals surface area contributed by atoms with Crippen LogP contribution in [0.3, 0.4) is 0 Å². The zero-order chi connectivity index (χ0) is 13.4. The molecule has 3 heteroatoms. The molecule has 0 radical (unpaired) electrons. The van der Waals surface area contributed by atoms with Crippen LogP contribution < -0.4 is 4.74 Å². The largest absolute Gasteiger partial charge is 0.469 e. The van der Waals surface area contributed by atoms with E-state index in [0.29, 0.717) is 5.75 Å². The number of benzene rings is 1. The van der Waals surface area contributed by atoms with Gasteiger partial charge in [0.1, 0.15) is 11.5 Å². The fourth-order valence-electron chi connectivity index (χ4n) is 2.37. The maximum absolute atomic E-state index is 12.1. The number of ether oxygens (including phenoxy) is 1. The maximum Gasteiger partial charge on any atom is 0.315 e. The van der Waals surface area contributed by atoms with E-state index < -0.39 is 0 Å². The lowest BCUT2D eigenvalue weighted by molar-refractivity contribution is -0.136. The van der Waals surface area contributed by atoms with Crippen LogP contribution in [0.25, 0.3) is 0 Å². The molecule has 1 fully saturated rings. The van der Waals surface area contributed by atoms with Gasteiger partial charge >= 0.3 is 5.97 Å². The third-order valence-corrected chi connectivity index (χ3v) is 3.54. The van der Waals surface area contributed by atoms with E-state index in [4.69, 9.17) is 9.15 Å². The van der Waals surface area contributed by atoms with Crippen LogP contribution in [0.2, 0.25) is 0 Å². The van der Waals surface area contributed by atoms with Gasteiger partial charge in [-0.1, -0.05) is 17.7 Å². The minimum absolute atomic E-state index is 0.0631. The van der Waals surface area contributed by atoms with Crippen molar-refractivity contribution >= 4 is 5.97 Å². The standard InChI is InChI=1S/C16H16O3/c1-10-5-6-14(11(2)8-10)19-16(17)13-9-12(13)15-4-3-7-18-15/h3-8,12-13H,9H2,1-2H3. The number of aryl methyl sites for hydroxylation is 2. The fraction of sp³-hybridized carbons (Fsp3) is 0.312. The molecule has 1 aromatic carbocycles. The van der Waals surface area contributed by atoms with Gasteiger partial charge in [-0.3, -0.25) is 4.79 Å². The molecule has 2 unspecified atom stereocenters. The molecule has 0 spiro atoms. The number of hydrogen-bond acceptors (Lipinski definition) is 3. The zero-order valence-corrected chi connectivity index (χ0v) is 11.1. The molecule has 19 heavy (non-hydrogen) atoms. The minimum atomic E-state index is -0.159. The van der Waals surface area contributed by atoms with E-state index in [1.165, 1.54) is 0 Å². The van der Waals surface area contributed by atoms with Crippen LogP contribution in [0, 0.1) is 19.8 Å². The summed E-state index contributed by atoms with van der Waals surface area (Å²) >= 11 is 0. The van der Waals surface area contributed by atoms with Crippen LogP contribution in [0.5, 0.6) is 5.75 Å². The Morgan fingerprint density at radius 3 is 2.84 bits per heavy atom. The molecule has 1 aromatic heterocycles. The molecule has 1 heterocycles. The highest BCUT2D eigenvalue weighted by Gasteiger charge is 2.47. The minimum Gasteiger partial charge on any atom is -0.469 e. The molecule has 1 aliphatic carbocycles. The van der Waals surface area contributed by atoms with Crippen molar-refractivity contribution in [1.29, 1.82) is 0 Å². The summed E-state index contributed by atoms with van der Waals surface area (Å²) in [6, 6.07) is 9.58. The van der Waals surface area contributed by atoms with Crippen LogP contribution in [0.15, 0.2) is 41.0 Å². The monoisotopic (exact) mass is 256 g/mol. The molecular weight excluding hydrogens is 240 g/mol. The van der Waals surface area contributed by atoms with Gasteiger partial charge in [0.05, 0.1) is 12.2 Å². The molecule has 0 saturated heterocycles. The average molecular weight is 256 g/mol. The number of rotatable bonds is 3. The molecule has 2 aromatic rings. The molecule has 0 aliphatic heterocycles. The second-order valence-electron chi connectivity index (χ2n) is 5.15. The first-order chi connectivity index (χ1) is 9.15. The van der Waals surface area contributed by atoms with Crippen molar-refractivity contribution in [3.8, 4) is 5.75 Å². The number of carbonyl (C=O) groups is 1. The van der Waals surface area contributed by atoms with Crippen molar-refractivity contribution in [2.45, 2.75) is 26.2 Å². The normalized spacial score (nSPS) is 21.2. The van der Waals surface area contributed by atoms with Crippen molar-refractivity contribution in [3.05, 3.63) is 53.5 Å². The lowest BCUT2D eigenvalue weighted by atomic mass is 10.1. The molecule has 0 amide bonds. The molecule has 98 valence electrons. The Balaban J connectivity index is 1.67. The summed E-state index contributed by atoms with van der Waals surface area (Å²) in [5.74, 6) is 1.50. The van der Waals surface area contributed by atoms with Crippen molar-refractivity contribution in [2.75, 3.05) is 0 Å². The van der Waals surface area contributed by atoms with Crippen LogP contribution in [0.1, 0.15) is 29.2 Å². The Kier molecular flexibility index (Phi) is 2.90. The molecule has 0 N–H and O–H groups in total. The highest BCUT2D eigenvalue weighted by atomic mass is 16.5. The Labute approximate surface area is 112 Å². The van der Waals surface area contributed by atoms with E-state index in [-0.39, 0.29) is 17.8 Å². The summed E-state index contributed by atoms with van der Waals surface area (Å²) in [6.07, 6.45) is 2.46. The SMILES string of the molecule is Cc1ccc(OC(=O)C2CC2c2ccco2)c(C)c1. The van der Waals surface area contributed by atoms with E-state index in [0.717, 1.165) is 23.3 Å². The predicted molar refractivity (Wildman–Crippen MR) is 71.1 cm³/mol. The molecule has 0 bridgehead atoms. The van der Waals surface area contributed by atoms with Gasteiger partial charge in [0.2, 0.25) is 0 Å². The van der Waals surface area contributed by atoms with E-state index in [2.05, 4.69) is 0 Å². The molecule has 3 rings (SSSR count). The zero-order valence-electron chi connectivity index (χ0n) is 11.1. The molecule has 1 aliphatic rings. The van der Waals surface area contributed by atoms with Crippen molar-refractivity contribution in [2.24, 2.45) is 5.92 Å². The Bertz CT molecular complexity index is 598. The van der Waals surface area contributed by atoms with Crippen molar-refractivity contribution in [1.82, 2.24) is 0 Å². The Morgan fingerprint density at radius 1 is 1.32 bits per heavy atom. The Hall–Kier alpha value is -2.03. The number of hydrogen-bond donors (Lipinski definition) is 0. The predicted octanol–water partition coefficient (Wildman–Crippen LogP) is 3.61. The maximum atomic E-state index is 12.1. The van der Waals surface area contributed by atoms with Gasteiger partial charge in [-0.2, -0.15) is 0 Å². The van der Waals surface area contributed by atoms with E-state index in [1.807, 2.05) is 44.2 Å². The molecule has 1 saturated carbocycles. The summed E-state index contributed by atoms with van der Waals surface area (Å²) in [4.78, 5) is 12.1. The highest BCUT2D eigenvalue weighted by Crippen LogP contribution is 2.48. The highest BCUT2D eigenvalue weighted by molar-refractivity contribution is 5.79. The number of carbonyl (C=O) groups excluding carboxylic acids is 1. The summed E-state index contributed by atoms with van der Waals surface area (Å²) < 4.78 is 10.8. The number of esters is 1. The second-order valence-corrected chi connectivity index (χ2v) is 5.15. The second kappa shape index (κ2) is 4.57. The summed E-state index contributed by atoms with van der Waals surface area (Å²) in [5.41, 5.74) is 2.15. The third-order valence-electron chi connectivity index (χ3n) is 3.54. The first-order valence-electron chi connectivity index (χ1n) is 6.47. The quantitative estimate of drug-likeness (QED) is 0.622.